The van der Waals surface area contributed by atoms with E-state index in [1.807, 2.05) is 0 Å². The Hall–Kier alpha value is -0.520. The molecule has 0 spiro atoms. The first-order valence-corrected chi connectivity index (χ1v) is 2.06. The third-order valence-corrected chi connectivity index (χ3v) is 0.595. The minimum atomic E-state index is -0.773. The van der Waals surface area contributed by atoms with Crippen LogP contribution in [0.25, 0.3) is 0 Å². The second kappa shape index (κ2) is 3.66. The molecule has 0 radical (unpaired) electrons. The third-order valence-electron chi connectivity index (χ3n) is 0.595. The maximum absolute atomic E-state index is 8.46. The quantitative estimate of drug-likeness (QED) is 0.453. The smallest absolute Gasteiger partial charge is 0.116 e. The summed E-state index contributed by atoms with van der Waals surface area (Å²) in [6.45, 7) is -0.0502. The average Bonchev–Trinajstić information content (AvgIpc) is 1.68. The van der Waals surface area contributed by atoms with Crippen LogP contribution in [-0.4, -0.2) is 22.9 Å². The summed E-state index contributed by atoms with van der Waals surface area (Å²) in [6, 6.07) is 0. The van der Waals surface area contributed by atoms with E-state index >= 15 is 0 Å². The van der Waals surface area contributed by atoms with Gasteiger partial charge in [0.05, 0.1) is 0 Å². The molecule has 2 nitrogen and oxygen atoms in total. The molecular weight excluding hydrogens is 92.1 g/mol. The zero-order chi connectivity index (χ0) is 5.70. The number of aliphatic hydroxyl groups excluding tert-OH is 2. The molecule has 0 fully saturated rings. The van der Waals surface area contributed by atoms with Crippen LogP contribution >= 0.6 is 0 Å². The summed E-state index contributed by atoms with van der Waals surface area (Å²) < 4.78 is 0. The lowest BCUT2D eigenvalue weighted by Gasteiger charge is -1.94. The molecule has 2 N–H and O–H groups in total. The summed E-state index contributed by atoms with van der Waals surface area (Å²) in [5, 5.41) is 16.6. The number of terminal acetylenes is 1. The first-order valence-electron chi connectivity index (χ1n) is 2.06. The number of hydrogen-bond donors (Lipinski definition) is 2. The van der Waals surface area contributed by atoms with Crippen LogP contribution in [0.4, 0.5) is 0 Å². The molecule has 0 heterocycles. The Morgan fingerprint density at radius 3 is 2.43 bits per heavy atom. The molecule has 0 saturated heterocycles. The van der Waals surface area contributed by atoms with Gasteiger partial charge in [-0.05, 0) is 0 Å². The monoisotopic (exact) mass is 100 g/mol. The van der Waals surface area contributed by atoms with Crippen molar-refractivity contribution in [1.29, 1.82) is 0 Å². The van der Waals surface area contributed by atoms with Crippen LogP contribution in [0.1, 0.15) is 6.42 Å². The van der Waals surface area contributed by atoms with Crippen molar-refractivity contribution in [2.24, 2.45) is 0 Å². The molecule has 1 unspecified atom stereocenters. The minimum Gasteiger partial charge on any atom is -0.396 e. The Balaban J connectivity index is 3.04. The Morgan fingerprint density at radius 2 is 2.29 bits per heavy atom. The predicted molar refractivity (Wildman–Crippen MR) is 26.5 cm³/mol. The molecule has 1 atom stereocenters. The molecule has 0 aromatic carbocycles. The highest BCUT2D eigenvalue weighted by atomic mass is 16.3. The van der Waals surface area contributed by atoms with Crippen LogP contribution in [0.3, 0.4) is 0 Å². The van der Waals surface area contributed by atoms with Crippen LogP contribution in [0.2, 0.25) is 0 Å². The first-order chi connectivity index (χ1) is 3.31. The zero-order valence-corrected chi connectivity index (χ0v) is 3.96. The van der Waals surface area contributed by atoms with E-state index in [2.05, 4.69) is 5.92 Å². The maximum atomic E-state index is 8.46. The van der Waals surface area contributed by atoms with E-state index in [0.717, 1.165) is 0 Å². The van der Waals surface area contributed by atoms with Gasteiger partial charge in [-0.2, -0.15) is 0 Å². The third kappa shape index (κ3) is 3.31. The fourth-order valence-electron chi connectivity index (χ4n) is 0.206. The van der Waals surface area contributed by atoms with Crippen molar-refractivity contribution in [2.45, 2.75) is 12.5 Å². The topological polar surface area (TPSA) is 40.5 Å². The number of hydrogen-bond acceptors (Lipinski definition) is 2. The van der Waals surface area contributed by atoms with Gasteiger partial charge in [0.2, 0.25) is 0 Å². The van der Waals surface area contributed by atoms with E-state index in [1.54, 1.807) is 0 Å². The molecule has 0 aliphatic carbocycles. The van der Waals surface area contributed by atoms with Crippen LogP contribution in [0.15, 0.2) is 0 Å². The number of rotatable bonds is 2. The van der Waals surface area contributed by atoms with Crippen molar-refractivity contribution in [1.82, 2.24) is 0 Å². The van der Waals surface area contributed by atoms with E-state index in [-0.39, 0.29) is 13.0 Å². The molecule has 0 bridgehead atoms. The molecule has 0 rings (SSSR count). The molecule has 0 aromatic heterocycles. The molecule has 0 amide bonds. The van der Waals surface area contributed by atoms with Crippen molar-refractivity contribution >= 4 is 0 Å². The van der Waals surface area contributed by atoms with Gasteiger partial charge in [0.25, 0.3) is 0 Å². The van der Waals surface area contributed by atoms with E-state index in [1.165, 1.54) is 0 Å². The molecule has 0 saturated carbocycles. The molecule has 40 valence electrons. The SMILES string of the molecule is C#CC(O)CCO. The molecule has 0 aliphatic heterocycles. The van der Waals surface area contributed by atoms with E-state index < -0.39 is 6.10 Å². The van der Waals surface area contributed by atoms with E-state index in [0.29, 0.717) is 0 Å². The van der Waals surface area contributed by atoms with Gasteiger partial charge in [0, 0.05) is 13.0 Å². The highest BCUT2D eigenvalue weighted by Gasteiger charge is 1.92. The maximum Gasteiger partial charge on any atom is 0.116 e. The second-order valence-electron chi connectivity index (χ2n) is 1.19. The van der Waals surface area contributed by atoms with Gasteiger partial charge in [-0.3, -0.25) is 0 Å². The van der Waals surface area contributed by atoms with Gasteiger partial charge in [-0.25, -0.2) is 0 Å². The fraction of sp³-hybridized carbons (Fsp3) is 0.600. The summed E-state index contributed by atoms with van der Waals surface area (Å²) in [5.41, 5.74) is 0. The van der Waals surface area contributed by atoms with Crippen molar-refractivity contribution in [3.05, 3.63) is 0 Å². The average molecular weight is 100 g/mol. The molecular formula is C5H8O2. The van der Waals surface area contributed by atoms with Crippen LogP contribution in [0.5, 0.6) is 0 Å². The highest BCUT2D eigenvalue weighted by Crippen LogP contribution is 1.83. The minimum absolute atomic E-state index is 0.0502. The summed E-state index contributed by atoms with van der Waals surface area (Å²) in [4.78, 5) is 0. The molecule has 7 heavy (non-hydrogen) atoms. The Morgan fingerprint density at radius 1 is 1.71 bits per heavy atom. The summed E-state index contributed by atoms with van der Waals surface area (Å²) in [6.07, 6.45) is 4.25. The molecule has 2 heteroatoms. The largest absolute Gasteiger partial charge is 0.396 e. The lowest BCUT2D eigenvalue weighted by atomic mass is 10.3. The van der Waals surface area contributed by atoms with Crippen LogP contribution in [0, 0.1) is 12.3 Å². The van der Waals surface area contributed by atoms with Crippen LogP contribution < -0.4 is 0 Å². The Labute approximate surface area is 42.8 Å². The van der Waals surface area contributed by atoms with E-state index in [4.69, 9.17) is 16.6 Å². The summed E-state index contributed by atoms with van der Waals surface area (Å²) >= 11 is 0. The Kier molecular flexibility index (Phi) is 3.39. The first kappa shape index (κ1) is 6.48. The van der Waals surface area contributed by atoms with Gasteiger partial charge in [0.1, 0.15) is 6.10 Å². The zero-order valence-electron chi connectivity index (χ0n) is 3.96. The summed E-state index contributed by atoms with van der Waals surface area (Å²) in [7, 11) is 0. The van der Waals surface area contributed by atoms with Gasteiger partial charge in [-0.1, -0.05) is 5.92 Å². The summed E-state index contributed by atoms with van der Waals surface area (Å²) in [5.74, 6) is 2.06. The van der Waals surface area contributed by atoms with Crippen molar-refractivity contribution in [3.8, 4) is 12.3 Å². The standard InChI is InChI=1S/C5H8O2/c1-2-5(7)3-4-6/h1,5-7H,3-4H2. The van der Waals surface area contributed by atoms with Gasteiger partial charge in [-0.15, -0.1) is 6.42 Å². The van der Waals surface area contributed by atoms with Gasteiger partial charge < -0.3 is 10.2 Å². The number of aliphatic hydroxyl groups is 2. The second-order valence-corrected chi connectivity index (χ2v) is 1.19. The highest BCUT2D eigenvalue weighted by molar-refractivity contribution is 4.92. The van der Waals surface area contributed by atoms with Crippen molar-refractivity contribution in [3.63, 3.8) is 0 Å². The fourth-order valence-corrected chi connectivity index (χ4v) is 0.206. The van der Waals surface area contributed by atoms with Crippen molar-refractivity contribution < 1.29 is 10.2 Å². The lowest BCUT2D eigenvalue weighted by molar-refractivity contribution is 0.177. The van der Waals surface area contributed by atoms with Gasteiger partial charge in [0.15, 0.2) is 0 Å². The lowest BCUT2D eigenvalue weighted by Crippen LogP contribution is -2.03. The molecule has 0 aliphatic rings. The van der Waals surface area contributed by atoms with Gasteiger partial charge >= 0.3 is 0 Å². The predicted octanol–water partition coefficient (Wildman–Crippen LogP) is -0.637. The normalized spacial score (nSPS) is 12.7. The van der Waals surface area contributed by atoms with E-state index in [9.17, 15) is 0 Å². The Bertz CT molecular complexity index is 72.6. The van der Waals surface area contributed by atoms with Crippen LogP contribution in [-0.2, 0) is 0 Å². The molecule has 0 aromatic rings. The van der Waals surface area contributed by atoms with Crippen molar-refractivity contribution in [2.75, 3.05) is 6.61 Å².